The number of nitrogens with zero attached hydrogens (tertiary/aromatic N) is 3. The zero-order valence-corrected chi connectivity index (χ0v) is 11.3. The molecule has 96 valence electrons. The number of aryl methyl sites for hydroxylation is 1. The SMILES string of the molecule is CCCn1nccc1C(=O)c1csc(C(C)N)n1. The van der Waals surface area contributed by atoms with E-state index in [2.05, 4.69) is 10.1 Å². The first-order valence-electron chi connectivity index (χ1n) is 5.91. The largest absolute Gasteiger partial charge is 0.322 e. The second kappa shape index (κ2) is 5.41. The van der Waals surface area contributed by atoms with E-state index in [0.717, 1.165) is 18.0 Å². The predicted molar refractivity (Wildman–Crippen MR) is 70.7 cm³/mol. The quantitative estimate of drug-likeness (QED) is 0.838. The van der Waals surface area contributed by atoms with Crippen LogP contribution in [0.3, 0.4) is 0 Å². The maximum Gasteiger partial charge on any atom is 0.230 e. The number of thiazole rings is 1. The number of hydrogen-bond acceptors (Lipinski definition) is 5. The smallest absolute Gasteiger partial charge is 0.230 e. The lowest BCUT2D eigenvalue weighted by molar-refractivity contribution is 0.102. The van der Waals surface area contributed by atoms with Crippen molar-refractivity contribution < 1.29 is 4.79 Å². The minimum atomic E-state index is -0.142. The molecule has 2 heterocycles. The second-order valence-corrected chi connectivity index (χ2v) is 5.02. The Bertz CT molecular complexity index is 544. The van der Waals surface area contributed by atoms with Gasteiger partial charge in [0.1, 0.15) is 16.4 Å². The van der Waals surface area contributed by atoms with Gasteiger partial charge < -0.3 is 5.73 Å². The van der Waals surface area contributed by atoms with Crippen molar-refractivity contribution in [2.45, 2.75) is 32.9 Å². The number of carbonyl (C=O) groups is 1. The summed E-state index contributed by atoms with van der Waals surface area (Å²) in [6, 6.07) is 1.58. The maximum atomic E-state index is 12.3. The zero-order chi connectivity index (χ0) is 13.1. The molecule has 2 aromatic rings. The molecule has 0 bridgehead atoms. The normalized spacial score (nSPS) is 12.6. The Kier molecular flexibility index (Phi) is 3.88. The number of carbonyl (C=O) groups excluding carboxylic acids is 1. The van der Waals surface area contributed by atoms with Crippen LogP contribution in [0.5, 0.6) is 0 Å². The van der Waals surface area contributed by atoms with Gasteiger partial charge in [-0.05, 0) is 19.4 Å². The van der Waals surface area contributed by atoms with Gasteiger partial charge in [-0.2, -0.15) is 5.10 Å². The topological polar surface area (TPSA) is 73.8 Å². The van der Waals surface area contributed by atoms with E-state index < -0.39 is 0 Å². The van der Waals surface area contributed by atoms with Crippen LogP contribution in [0.1, 0.15) is 47.5 Å². The van der Waals surface area contributed by atoms with Crippen LogP contribution in [-0.4, -0.2) is 20.5 Å². The number of hydrogen-bond donors (Lipinski definition) is 1. The van der Waals surface area contributed by atoms with Gasteiger partial charge in [-0.1, -0.05) is 6.92 Å². The van der Waals surface area contributed by atoms with E-state index in [4.69, 9.17) is 5.73 Å². The van der Waals surface area contributed by atoms with Crippen molar-refractivity contribution in [2.24, 2.45) is 5.73 Å². The molecule has 1 atom stereocenters. The van der Waals surface area contributed by atoms with E-state index in [0.29, 0.717) is 11.4 Å². The van der Waals surface area contributed by atoms with E-state index >= 15 is 0 Å². The van der Waals surface area contributed by atoms with Gasteiger partial charge in [-0.25, -0.2) is 4.98 Å². The third-order valence-corrected chi connectivity index (χ3v) is 3.57. The van der Waals surface area contributed by atoms with E-state index in [-0.39, 0.29) is 11.8 Å². The number of aromatic nitrogens is 3. The average molecular weight is 264 g/mol. The first kappa shape index (κ1) is 12.9. The molecule has 2 rings (SSSR count). The Morgan fingerprint density at radius 2 is 2.39 bits per heavy atom. The van der Waals surface area contributed by atoms with Gasteiger partial charge in [0.15, 0.2) is 0 Å². The van der Waals surface area contributed by atoms with Crippen molar-refractivity contribution in [1.82, 2.24) is 14.8 Å². The number of nitrogens with two attached hydrogens (primary N) is 1. The lowest BCUT2D eigenvalue weighted by atomic mass is 10.2. The number of rotatable bonds is 5. The van der Waals surface area contributed by atoms with E-state index in [1.165, 1.54) is 11.3 Å². The molecule has 18 heavy (non-hydrogen) atoms. The van der Waals surface area contributed by atoms with Gasteiger partial charge in [0, 0.05) is 18.1 Å². The Balaban J connectivity index is 2.27. The summed E-state index contributed by atoms with van der Waals surface area (Å²) in [6.07, 6.45) is 2.58. The second-order valence-electron chi connectivity index (χ2n) is 4.13. The van der Waals surface area contributed by atoms with Crippen molar-refractivity contribution in [3.63, 3.8) is 0 Å². The van der Waals surface area contributed by atoms with Crippen LogP contribution in [0.2, 0.25) is 0 Å². The van der Waals surface area contributed by atoms with Crippen LogP contribution in [0.25, 0.3) is 0 Å². The fraction of sp³-hybridized carbons (Fsp3) is 0.417. The molecule has 2 N–H and O–H groups in total. The third-order valence-electron chi connectivity index (χ3n) is 2.53. The summed E-state index contributed by atoms with van der Waals surface area (Å²) in [5.41, 5.74) is 6.77. The van der Waals surface area contributed by atoms with Crippen molar-refractivity contribution in [3.05, 3.63) is 34.0 Å². The van der Waals surface area contributed by atoms with Crippen LogP contribution >= 0.6 is 11.3 Å². The molecule has 0 saturated heterocycles. The highest BCUT2D eigenvalue weighted by atomic mass is 32.1. The summed E-state index contributed by atoms with van der Waals surface area (Å²) in [6.45, 7) is 4.64. The molecule has 0 aliphatic rings. The van der Waals surface area contributed by atoms with Gasteiger partial charge >= 0.3 is 0 Å². The number of ketones is 1. The van der Waals surface area contributed by atoms with Crippen molar-refractivity contribution in [1.29, 1.82) is 0 Å². The molecule has 0 radical (unpaired) electrons. The van der Waals surface area contributed by atoms with Gasteiger partial charge in [-0.3, -0.25) is 9.48 Å². The van der Waals surface area contributed by atoms with Crippen LogP contribution in [0.15, 0.2) is 17.6 Å². The molecule has 5 nitrogen and oxygen atoms in total. The molecule has 0 saturated carbocycles. The fourth-order valence-corrected chi connectivity index (χ4v) is 2.41. The summed E-state index contributed by atoms with van der Waals surface area (Å²) in [7, 11) is 0. The van der Waals surface area contributed by atoms with Crippen molar-refractivity contribution in [3.8, 4) is 0 Å². The molecular formula is C12H16N4OS. The first-order chi connectivity index (χ1) is 8.63. The van der Waals surface area contributed by atoms with E-state index in [1.54, 1.807) is 22.3 Å². The molecule has 0 aliphatic carbocycles. The maximum absolute atomic E-state index is 12.3. The lowest BCUT2D eigenvalue weighted by Gasteiger charge is -2.03. The summed E-state index contributed by atoms with van der Waals surface area (Å²) in [5.74, 6) is -0.0934. The predicted octanol–water partition coefficient (Wildman–Crippen LogP) is 2.00. The van der Waals surface area contributed by atoms with E-state index in [1.807, 2.05) is 13.8 Å². The summed E-state index contributed by atoms with van der Waals surface area (Å²) in [5, 5.41) is 6.67. The first-order valence-corrected chi connectivity index (χ1v) is 6.79. The zero-order valence-electron chi connectivity index (χ0n) is 10.5. The molecule has 0 amide bonds. The van der Waals surface area contributed by atoms with Crippen molar-refractivity contribution >= 4 is 17.1 Å². The Labute approximate surface area is 110 Å². The summed E-state index contributed by atoms with van der Waals surface area (Å²) < 4.78 is 1.72. The molecule has 6 heteroatoms. The molecule has 1 unspecified atom stereocenters. The molecule has 0 aromatic carbocycles. The van der Waals surface area contributed by atoms with Crippen LogP contribution in [0.4, 0.5) is 0 Å². The molecular weight excluding hydrogens is 248 g/mol. The molecule has 2 aromatic heterocycles. The third kappa shape index (κ3) is 2.49. The highest BCUT2D eigenvalue weighted by Gasteiger charge is 2.18. The summed E-state index contributed by atoms with van der Waals surface area (Å²) >= 11 is 1.42. The Morgan fingerprint density at radius 3 is 3.00 bits per heavy atom. The minimum Gasteiger partial charge on any atom is -0.322 e. The van der Waals surface area contributed by atoms with Crippen LogP contribution in [0, 0.1) is 0 Å². The molecule has 0 spiro atoms. The van der Waals surface area contributed by atoms with Gasteiger partial charge in [0.05, 0.1) is 6.04 Å². The highest BCUT2D eigenvalue weighted by Crippen LogP contribution is 2.18. The van der Waals surface area contributed by atoms with Crippen LogP contribution < -0.4 is 5.73 Å². The molecule has 0 fully saturated rings. The average Bonchev–Trinajstić information content (AvgIpc) is 2.97. The minimum absolute atomic E-state index is 0.0934. The highest BCUT2D eigenvalue weighted by molar-refractivity contribution is 7.09. The fourth-order valence-electron chi connectivity index (χ4n) is 1.65. The van der Waals surface area contributed by atoms with E-state index in [9.17, 15) is 4.79 Å². The Morgan fingerprint density at radius 1 is 1.61 bits per heavy atom. The van der Waals surface area contributed by atoms with Crippen molar-refractivity contribution in [2.75, 3.05) is 0 Å². The van der Waals surface area contributed by atoms with Gasteiger partial charge in [-0.15, -0.1) is 11.3 Å². The lowest BCUT2D eigenvalue weighted by Crippen LogP contribution is -2.12. The van der Waals surface area contributed by atoms with Gasteiger partial charge in [0.2, 0.25) is 5.78 Å². The summed E-state index contributed by atoms with van der Waals surface area (Å²) in [4.78, 5) is 16.6. The Hall–Kier alpha value is -1.53. The standard InChI is InChI=1S/C12H16N4OS/c1-3-6-16-10(4-5-14-16)11(17)9-7-18-12(15-9)8(2)13/h4-5,7-8H,3,6,13H2,1-2H3. The monoisotopic (exact) mass is 264 g/mol. The van der Waals surface area contributed by atoms with Gasteiger partial charge in [0.25, 0.3) is 0 Å². The van der Waals surface area contributed by atoms with Crippen LogP contribution in [-0.2, 0) is 6.54 Å². The molecule has 0 aliphatic heterocycles.